The first-order valence-electron chi connectivity index (χ1n) is 6.05. The van der Waals surface area contributed by atoms with E-state index in [9.17, 15) is 4.79 Å². The molecule has 1 rings (SSSR count). The summed E-state index contributed by atoms with van der Waals surface area (Å²) in [5.41, 5.74) is 1.16. The van der Waals surface area contributed by atoms with E-state index in [2.05, 4.69) is 5.32 Å². The Morgan fingerprint density at radius 3 is 2.44 bits per heavy atom. The number of ether oxygens (including phenoxy) is 2. The number of methoxy groups -OCH3 is 1. The number of aryl methyl sites for hydroxylation is 1. The molecule has 0 heterocycles. The molecule has 18 heavy (non-hydrogen) atoms. The number of rotatable bonds is 6. The molecule has 0 bridgehead atoms. The Morgan fingerprint density at radius 1 is 1.28 bits per heavy atom. The highest BCUT2D eigenvalue weighted by Crippen LogP contribution is 2.13. The summed E-state index contributed by atoms with van der Waals surface area (Å²) < 4.78 is 10.5. The van der Waals surface area contributed by atoms with Crippen LogP contribution in [0.15, 0.2) is 24.3 Å². The van der Waals surface area contributed by atoms with Crippen LogP contribution in [0.4, 0.5) is 0 Å². The number of nitrogens with one attached hydrogen (secondary N) is 1. The van der Waals surface area contributed by atoms with Gasteiger partial charge in [-0.05, 0) is 32.9 Å². The fourth-order valence-corrected chi connectivity index (χ4v) is 1.53. The SMILES string of the molecule is COC[C@H](C)NC(=O)[C@H](C)Oc1ccc(C)cc1. The number of amides is 1. The molecule has 0 spiro atoms. The summed E-state index contributed by atoms with van der Waals surface area (Å²) in [4.78, 5) is 11.8. The normalized spacial score (nSPS) is 13.8. The fourth-order valence-electron chi connectivity index (χ4n) is 1.53. The Kier molecular flexibility index (Phi) is 5.65. The molecule has 1 aromatic rings. The maximum absolute atomic E-state index is 11.8. The minimum Gasteiger partial charge on any atom is -0.481 e. The van der Waals surface area contributed by atoms with Crippen LogP contribution in [0.3, 0.4) is 0 Å². The molecule has 100 valence electrons. The second-order valence-corrected chi connectivity index (χ2v) is 4.44. The molecular formula is C14H21NO3. The molecule has 1 amide bonds. The lowest BCUT2D eigenvalue weighted by molar-refractivity contribution is -0.128. The molecule has 1 aromatic carbocycles. The van der Waals surface area contributed by atoms with Crippen molar-refractivity contribution >= 4 is 5.91 Å². The molecule has 0 aromatic heterocycles. The summed E-state index contributed by atoms with van der Waals surface area (Å²) in [5, 5.41) is 2.82. The molecule has 2 atom stereocenters. The van der Waals surface area contributed by atoms with Gasteiger partial charge in [-0.2, -0.15) is 0 Å². The van der Waals surface area contributed by atoms with Gasteiger partial charge in [0.1, 0.15) is 5.75 Å². The summed E-state index contributed by atoms with van der Waals surface area (Å²) in [7, 11) is 1.61. The van der Waals surface area contributed by atoms with Crippen molar-refractivity contribution < 1.29 is 14.3 Å². The van der Waals surface area contributed by atoms with Gasteiger partial charge < -0.3 is 14.8 Å². The van der Waals surface area contributed by atoms with E-state index >= 15 is 0 Å². The van der Waals surface area contributed by atoms with Crippen molar-refractivity contribution in [1.29, 1.82) is 0 Å². The fraction of sp³-hybridized carbons (Fsp3) is 0.500. The lowest BCUT2D eigenvalue weighted by Crippen LogP contribution is -2.43. The smallest absolute Gasteiger partial charge is 0.261 e. The van der Waals surface area contributed by atoms with Crippen LogP contribution in [0.25, 0.3) is 0 Å². The highest BCUT2D eigenvalue weighted by molar-refractivity contribution is 5.80. The van der Waals surface area contributed by atoms with Crippen molar-refractivity contribution in [3.05, 3.63) is 29.8 Å². The molecule has 4 heteroatoms. The number of carbonyl (C=O) groups is 1. The first-order valence-corrected chi connectivity index (χ1v) is 6.05. The average Bonchev–Trinajstić information content (AvgIpc) is 2.32. The second-order valence-electron chi connectivity index (χ2n) is 4.44. The second kappa shape index (κ2) is 7.01. The molecule has 4 nitrogen and oxygen atoms in total. The highest BCUT2D eigenvalue weighted by atomic mass is 16.5. The van der Waals surface area contributed by atoms with Crippen LogP contribution in [0.2, 0.25) is 0 Å². The molecule has 0 saturated heterocycles. The van der Waals surface area contributed by atoms with Crippen molar-refractivity contribution in [2.75, 3.05) is 13.7 Å². The van der Waals surface area contributed by atoms with Crippen LogP contribution in [-0.4, -0.2) is 31.8 Å². The van der Waals surface area contributed by atoms with Crippen molar-refractivity contribution in [2.45, 2.75) is 32.9 Å². The largest absolute Gasteiger partial charge is 0.481 e. The number of carbonyl (C=O) groups excluding carboxylic acids is 1. The van der Waals surface area contributed by atoms with Crippen molar-refractivity contribution in [2.24, 2.45) is 0 Å². The number of hydrogen-bond acceptors (Lipinski definition) is 3. The van der Waals surface area contributed by atoms with E-state index in [0.717, 1.165) is 5.56 Å². The van der Waals surface area contributed by atoms with E-state index < -0.39 is 6.10 Å². The molecule has 0 aliphatic carbocycles. The Morgan fingerprint density at radius 2 is 1.89 bits per heavy atom. The number of benzene rings is 1. The average molecular weight is 251 g/mol. The zero-order chi connectivity index (χ0) is 13.5. The van der Waals surface area contributed by atoms with E-state index in [1.165, 1.54) is 0 Å². The van der Waals surface area contributed by atoms with Gasteiger partial charge in [-0.25, -0.2) is 0 Å². The summed E-state index contributed by atoms with van der Waals surface area (Å²) in [6, 6.07) is 7.60. The zero-order valence-corrected chi connectivity index (χ0v) is 11.4. The predicted molar refractivity (Wildman–Crippen MR) is 70.7 cm³/mol. The minimum atomic E-state index is -0.521. The van der Waals surface area contributed by atoms with Gasteiger partial charge in [-0.1, -0.05) is 17.7 Å². The van der Waals surface area contributed by atoms with Gasteiger partial charge in [0.05, 0.1) is 6.61 Å². The molecule has 0 unspecified atom stereocenters. The van der Waals surface area contributed by atoms with Crippen molar-refractivity contribution in [3.8, 4) is 5.75 Å². The molecule has 0 saturated carbocycles. The van der Waals surface area contributed by atoms with E-state index in [0.29, 0.717) is 12.4 Å². The van der Waals surface area contributed by atoms with Crippen molar-refractivity contribution in [1.82, 2.24) is 5.32 Å². The van der Waals surface area contributed by atoms with E-state index in [4.69, 9.17) is 9.47 Å². The highest BCUT2D eigenvalue weighted by Gasteiger charge is 2.16. The maximum atomic E-state index is 11.8. The van der Waals surface area contributed by atoms with E-state index in [1.54, 1.807) is 14.0 Å². The Balaban J connectivity index is 2.46. The van der Waals surface area contributed by atoms with Crippen LogP contribution >= 0.6 is 0 Å². The molecule has 1 N–H and O–H groups in total. The van der Waals surface area contributed by atoms with Gasteiger partial charge in [0.25, 0.3) is 5.91 Å². The lowest BCUT2D eigenvalue weighted by Gasteiger charge is -2.18. The first kappa shape index (κ1) is 14.5. The first-order chi connectivity index (χ1) is 8.52. The molecular weight excluding hydrogens is 230 g/mol. The molecule has 0 fully saturated rings. The lowest BCUT2D eigenvalue weighted by atomic mass is 10.2. The summed E-state index contributed by atoms with van der Waals surface area (Å²) >= 11 is 0. The van der Waals surface area contributed by atoms with Crippen LogP contribution in [-0.2, 0) is 9.53 Å². The summed E-state index contributed by atoms with van der Waals surface area (Å²) in [5.74, 6) is 0.558. The minimum absolute atomic E-state index is 0.0217. The van der Waals surface area contributed by atoms with Crippen molar-refractivity contribution in [3.63, 3.8) is 0 Å². The Hall–Kier alpha value is -1.55. The van der Waals surface area contributed by atoms with Gasteiger partial charge in [0.2, 0.25) is 0 Å². The van der Waals surface area contributed by atoms with E-state index in [1.807, 2.05) is 38.1 Å². The van der Waals surface area contributed by atoms with Crippen LogP contribution in [0.5, 0.6) is 5.75 Å². The van der Waals surface area contributed by atoms with Crippen LogP contribution in [0, 0.1) is 6.92 Å². The van der Waals surface area contributed by atoms with Crippen LogP contribution in [0.1, 0.15) is 19.4 Å². The summed E-state index contributed by atoms with van der Waals surface area (Å²) in [6.07, 6.45) is -0.521. The van der Waals surface area contributed by atoms with Gasteiger partial charge in [0.15, 0.2) is 6.10 Å². The van der Waals surface area contributed by atoms with Crippen LogP contribution < -0.4 is 10.1 Å². The zero-order valence-electron chi connectivity index (χ0n) is 11.4. The van der Waals surface area contributed by atoms with Gasteiger partial charge >= 0.3 is 0 Å². The monoisotopic (exact) mass is 251 g/mol. The Labute approximate surface area is 108 Å². The van der Waals surface area contributed by atoms with Gasteiger partial charge in [0, 0.05) is 13.2 Å². The quantitative estimate of drug-likeness (QED) is 0.840. The standard InChI is InChI=1S/C14H21NO3/c1-10-5-7-13(8-6-10)18-12(3)14(16)15-11(2)9-17-4/h5-8,11-12H,9H2,1-4H3,(H,15,16)/t11-,12-/m0/s1. The molecule has 0 radical (unpaired) electrons. The number of hydrogen-bond donors (Lipinski definition) is 1. The molecule has 0 aliphatic heterocycles. The third-order valence-electron chi connectivity index (χ3n) is 2.51. The van der Waals surface area contributed by atoms with Gasteiger partial charge in [-0.15, -0.1) is 0 Å². The third-order valence-corrected chi connectivity index (χ3v) is 2.51. The predicted octanol–water partition coefficient (Wildman–Crippen LogP) is 1.91. The van der Waals surface area contributed by atoms with Gasteiger partial charge in [-0.3, -0.25) is 4.79 Å². The summed E-state index contributed by atoms with van der Waals surface area (Å²) in [6.45, 7) is 6.12. The van der Waals surface area contributed by atoms with E-state index in [-0.39, 0.29) is 11.9 Å². The molecule has 0 aliphatic rings. The third kappa shape index (κ3) is 4.75. The topological polar surface area (TPSA) is 47.6 Å². The maximum Gasteiger partial charge on any atom is 0.261 e. The Bertz CT molecular complexity index is 375.